The molecular weight excluding hydrogens is 292 g/mol. The first-order valence-electron chi connectivity index (χ1n) is 10.4. The van der Waals surface area contributed by atoms with E-state index in [9.17, 15) is 0 Å². The Hall–Kier alpha value is -1.02. The number of nitrogens with one attached hydrogen (secondary N) is 2. The van der Waals surface area contributed by atoms with Crippen LogP contribution in [0.1, 0.15) is 89.5 Å². The predicted molar refractivity (Wildman–Crippen MR) is 107 cm³/mol. The molecule has 0 bridgehead atoms. The van der Waals surface area contributed by atoms with Gasteiger partial charge in [0.1, 0.15) is 0 Å². The van der Waals surface area contributed by atoms with Crippen LogP contribution in [0.4, 0.5) is 5.69 Å². The number of rotatable bonds is 11. The average Bonchev–Trinajstić information content (AvgIpc) is 2.65. The Kier molecular flexibility index (Phi) is 9.27. The molecule has 1 aliphatic carbocycles. The van der Waals surface area contributed by atoms with Crippen molar-refractivity contribution in [1.82, 2.24) is 5.32 Å². The summed E-state index contributed by atoms with van der Waals surface area (Å²) in [5, 5.41) is 7.37. The van der Waals surface area contributed by atoms with E-state index in [1.54, 1.807) is 5.56 Å². The van der Waals surface area contributed by atoms with E-state index in [1.165, 1.54) is 69.9 Å². The molecule has 1 aromatic rings. The molecule has 24 heavy (non-hydrogen) atoms. The molecule has 0 spiro atoms. The molecular formula is C22H38N2. The molecule has 0 radical (unpaired) electrons. The molecule has 2 N–H and O–H groups in total. The van der Waals surface area contributed by atoms with Crippen LogP contribution in [0.15, 0.2) is 24.3 Å². The second-order valence-corrected chi connectivity index (χ2v) is 7.48. The second kappa shape index (κ2) is 11.5. The normalized spacial score (nSPS) is 16.9. The van der Waals surface area contributed by atoms with Gasteiger partial charge in [0.2, 0.25) is 0 Å². The summed E-state index contributed by atoms with van der Waals surface area (Å²) in [4.78, 5) is 0. The van der Waals surface area contributed by atoms with Crippen LogP contribution in [0, 0.1) is 0 Å². The fourth-order valence-corrected chi connectivity index (χ4v) is 3.76. The zero-order chi connectivity index (χ0) is 17.0. The molecule has 2 rings (SSSR count). The number of hydrogen-bond acceptors (Lipinski definition) is 2. The minimum atomic E-state index is 0.592. The van der Waals surface area contributed by atoms with Crippen molar-refractivity contribution >= 4 is 5.69 Å². The zero-order valence-corrected chi connectivity index (χ0v) is 15.9. The maximum atomic E-state index is 3.73. The van der Waals surface area contributed by atoms with Crippen LogP contribution in [-0.4, -0.2) is 19.1 Å². The van der Waals surface area contributed by atoms with Crippen LogP contribution < -0.4 is 10.6 Å². The third-order valence-electron chi connectivity index (χ3n) is 5.41. The molecule has 2 nitrogen and oxygen atoms in total. The van der Waals surface area contributed by atoms with E-state index in [0.717, 1.165) is 19.0 Å². The van der Waals surface area contributed by atoms with Gasteiger partial charge in [-0.05, 0) is 55.8 Å². The molecule has 136 valence electrons. The van der Waals surface area contributed by atoms with Gasteiger partial charge in [0.05, 0.1) is 0 Å². The van der Waals surface area contributed by atoms with Crippen molar-refractivity contribution in [2.75, 3.05) is 18.4 Å². The Balaban J connectivity index is 1.79. The lowest BCUT2D eigenvalue weighted by Crippen LogP contribution is -2.36. The first-order valence-corrected chi connectivity index (χ1v) is 10.4. The summed E-state index contributed by atoms with van der Waals surface area (Å²) in [5.41, 5.74) is 2.82. The van der Waals surface area contributed by atoms with Gasteiger partial charge in [0.25, 0.3) is 0 Å². The molecule has 2 heteroatoms. The highest BCUT2D eigenvalue weighted by molar-refractivity contribution is 5.45. The van der Waals surface area contributed by atoms with Crippen molar-refractivity contribution < 1.29 is 0 Å². The summed E-state index contributed by atoms with van der Waals surface area (Å²) in [6.45, 7) is 6.72. The molecule has 1 saturated carbocycles. The predicted octanol–water partition coefficient (Wildman–Crippen LogP) is 6.09. The van der Waals surface area contributed by atoms with Crippen molar-refractivity contribution in [3.05, 3.63) is 29.8 Å². The van der Waals surface area contributed by atoms with E-state index in [2.05, 4.69) is 48.7 Å². The highest BCUT2D eigenvalue weighted by Gasteiger charge is 2.15. The summed E-state index contributed by atoms with van der Waals surface area (Å²) in [6.07, 6.45) is 13.4. The fourth-order valence-electron chi connectivity index (χ4n) is 3.76. The SMILES string of the molecule is CCCCNC(CCCC)CNc1ccc(C2CCCCC2)cc1. The molecule has 1 fully saturated rings. The summed E-state index contributed by atoms with van der Waals surface area (Å²) < 4.78 is 0. The third kappa shape index (κ3) is 6.84. The average molecular weight is 331 g/mol. The molecule has 0 aliphatic heterocycles. The Bertz CT molecular complexity index is 420. The Morgan fingerprint density at radius 2 is 1.67 bits per heavy atom. The Labute approximate surface area is 149 Å². The highest BCUT2D eigenvalue weighted by atomic mass is 15.0. The topological polar surface area (TPSA) is 24.1 Å². The standard InChI is InChI=1S/C22H38N2/c1-3-5-12-22(23-17-6-4-2)18-24-21-15-13-20(14-16-21)19-10-8-7-9-11-19/h13-16,19,22-24H,3-12,17-18H2,1-2H3. The van der Waals surface area contributed by atoms with Crippen molar-refractivity contribution in [2.24, 2.45) is 0 Å². The zero-order valence-electron chi connectivity index (χ0n) is 15.9. The van der Waals surface area contributed by atoms with E-state index < -0.39 is 0 Å². The molecule has 0 amide bonds. The van der Waals surface area contributed by atoms with Crippen LogP contribution in [0.2, 0.25) is 0 Å². The van der Waals surface area contributed by atoms with Gasteiger partial charge in [-0.1, -0.05) is 64.5 Å². The highest BCUT2D eigenvalue weighted by Crippen LogP contribution is 2.32. The second-order valence-electron chi connectivity index (χ2n) is 7.48. The van der Waals surface area contributed by atoms with Gasteiger partial charge in [-0.2, -0.15) is 0 Å². The quantitative estimate of drug-likeness (QED) is 0.479. The molecule has 0 saturated heterocycles. The maximum absolute atomic E-state index is 3.73. The fraction of sp³-hybridized carbons (Fsp3) is 0.727. The molecule has 1 aliphatic rings. The Morgan fingerprint density at radius 1 is 0.958 bits per heavy atom. The minimum Gasteiger partial charge on any atom is -0.383 e. The summed E-state index contributed by atoms with van der Waals surface area (Å²) in [5.74, 6) is 0.806. The van der Waals surface area contributed by atoms with Crippen molar-refractivity contribution in [3.8, 4) is 0 Å². The largest absolute Gasteiger partial charge is 0.383 e. The number of hydrogen-bond donors (Lipinski definition) is 2. The van der Waals surface area contributed by atoms with Crippen molar-refractivity contribution in [1.29, 1.82) is 0 Å². The summed E-state index contributed by atoms with van der Waals surface area (Å²) in [6, 6.07) is 9.86. The number of benzene rings is 1. The van der Waals surface area contributed by atoms with Crippen LogP contribution in [0.25, 0.3) is 0 Å². The van der Waals surface area contributed by atoms with Crippen LogP contribution in [0.3, 0.4) is 0 Å². The van der Waals surface area contributed by atoms with Crippen molar-refractivity contribution in [3.63, 3.8) is 0 Å². The smallest absolute Gasteiger partial charge is 0.0340 e. The molecule has 1 atom stereocenters. The first-order chi connectivity index (χ1) is 11.8. The van der Waals surface area contributed by atoms with Crippen LogP contribution >= 0.6 is 0 Å². The van der Waals surface area contributed by atoms with Gasteiger partial charge in [-0.15, -0.1) is 0 Å². The Morgan fingerprint density at radius 3 is 2.33 bits per heavy atom. The van der Waals surface area contributed by atoms with Gasteiger partial charge in [0.15, 0.2) is 0 Å². The lowest BCUT2D eigenvalue weighted by molar-refractivity contribution is 0.443. The van der Waals surface area contributed by atoms with Crippen molar-refractivity contribution in [2.45, 2.75) is 90.0 Å². The minimum absolute atomic E-state index is 0.592. The van der Waals surface area contributed by atoms with E-state index in [-0.39, 0.29) is 0 Å². The molecule has 1 unspecified atom stereocenters. The lowest BCUT2D eigenvalue weighted by atomic mass is 9.84. The van der Waals surface area contributed by atoms with E-state index in [1.807, 2.05) is 0 Å². The summed E-state index contributed by atoms with van der Waals surface area (Å²) >= 11 is 0. The first kappa shape index (κ1) is 19.3. The van der Waals surface area contributed by atoms with E-state index >= 15 is 0 Å². The monoisotopic (exact) mass is 330 g/mol. The van der Waals surface area contributed by atoms with Crippen LogP contribution in [0.5, 0.6) is 0 Å². The van der Waals surface area contributed by atoms with Gasteiger partial charge in [-0.25, -0.2) is 0 Å². The van der Waals surface area contributed by atoms with Gasteiger partial charge >= 0.3 is 0 Å². The van der Waals surface area contributed by atoms with Gasteiger partial charge in [-0.3, -0.25) is 0 Å². The third-order valence-corrected chi connectivity index (χ3v) is 5.41. The molecule has 0 aromatic heterocycles. The lowest BCUT2D eigenvalue weighted by Gasteiger charge is -2.23. The maximum Gasteiger partial charge on any atom is 0.0340 e. The van der Waals surface area contributed by atoms with Crippen LogP contribution in [-0.2, 0) is 0 Å². The number of anilines is 1. The van der Waals surface area contributed by atoms with E-state index in [4.69, 9.17) is 0 Å². The molecule has 0 heterocycles. The van der Waals surface area contributed by atoms with E-state index in [0.29, 0.717) is 6.04 Å². The number of unbranched alkanes of at least 4 members (excludes halogenated alkanes) is 2. The molecule has 1 aromatic carbocycles. The van der Waals surface area contributed by atoms with Gasteiger partial charge in [0, 0.05) is 18.3 Å². The summed E-state index contributed by atoms with van der Waals surface area (Å²) in [7, 11) is 0. The van der Waals surface area contributed by atoms with Gasteiger partial charge < -0.3 is 10.6 Å².